The highest BCUT2D eigenvalue weighted by Crippen LogP contribution is 2.39. The summed E-state index contributed by atoms with van der Waals surface area (Å²) in [4.78, 5) is 22.2. The summed E-state index contributed by atoms with van der Waals surface area (Å²) < 4.78 is 138. The Morgan fingerprint density at radius 2 is 1.63 bits per heavy atom. The standard InChI is InChI=1S/C36H34F8N4O3S/c1-52(50,51)26-10-11-29-27(19-26)30(33(49)46-32(36(42,43)44)22-6-3-2-4-7-22)28(31(45-29)23-8-5-9-24(18-23)35(39,40)41)20-47-15-12-25(13-16-47)48-17-14-34(37,38)21-48/h2-11,18-19,25,32H,12-17,20-21H2,1H3,(H,46,49). The number of likely N-dealkylation sites (tertiary alicyclic amines) is 2. The Bertz CT molecular complexity index is 2070. The number of hydrogen-bond donors (Lipinski definition) is 1. The highest BCUT2D eigenvalue weighted by atomic mass is 32.2. The van der Waals surface area contributed by atoms with Gasteiger partial charge in [0.05, 0.1) is 33.8 Å². The molecule has 6 rings (SSSR count). The summed E-state index contributed by atoms with van der Waals surface area (Å²) in [5, 5.41) is 1.95. The molecule has 1 atom stereocenters. The molecule has 0 aliphatic carbocycles. The van der Waals surface area contributed by atoms with Crippen LogP contribution in [-0.4, -0.2) is 79.7 Å². The fourth-order valence-electron chi connectivity index (χ4n) is 6.95. The van der Waals surface area contributed by atoms with Crippen LogP contribution in [0.25, 0.3) is 22.2 Å². The van der Waals surface area contributed by atoms with E-state index in [9.17, 15) is 48.3 Å². The van der Waals surface area contributed by atoms with Crippen molar-refractivity contribution >= 4 is 26.6 Å². The number of pyridine rings is 1. The first-order valence-electron chi connectivity index (χ1n) is 16.4. The minimum Gasteiger partial charge on any atom is -0.337 e. The van der Waals surface area contributed by atoms with E-state index >= 15 is 0 Å². The minimum absolute atomic E-state index is 0.0184. The number of fused-ring (bicyclic) bond motifs is 1. The van der Waals surface area contributed by atoms with E-state index in [4.69, 9.17) is 0 Å². The second kappa shape index (κ2) is 14.0. The summed E-state index contributed by atoms with van der Waals surface area (Å²) in [6, 6.07) is 11.6. The lowest BCUT2D eigenvalue weighted by Gasteiger charge is -2.37. The van der Waals surface area contributed by atoms with E-state index in [-0.39, 0.29) is 75.8 Å². The summed E-state index contributed by atoms with van der Waals surface area (Å²) in [6.45, 7) is 0.297. The Hall–Kier alpha value is -4.15. The number of carbonyl (C=O) groups is 1. The van der Waals surface area contributed by atoms with E-state index in [0.29, 0.717) is 25.9 Å². The van der Waals surface area contributed by atoms with Crippen LogP contribution in [0.3, 0.4) is 0 Å². The first-order valence-corrected chi connectivity index (χ1v) is 18.3. The van der Waals surface area contributed by atoms with E-state index in [1.165, 1.54) is 48.5 Å². The van der Waals surface area contributed by atoms with Crippen molar-refractivity contribution in [2.45, 2.75) is 61.1 Å². The molecule has 0 saturated carbocycles. The molecule has 2 aliphatic heterocycles. The molecule has 1 N–H and O–H groups in total. The molecule has 0 radical (unpaired) electrons. The summed E-state index contributed by atoms with van der Waals surface area (Å²) in [5.41, 5.74) is -1.93. The van der Waals surface area contributed by atoms with Gasteiger partial charge in [-0.15, -0.1) is 0 Å². The predicted molar refractivity (Wildman–Crippen MR) is 177 cm³/mol. The van der Waals surface area contributed by atoms with Gasteiger partial charge in [0, 0.05) is 48.3 Å². The van der Waals surface area contributed by atoms with Gasteiger partial charge in [0.25, 0.3) is 11.8 Å². The maximum absolute atomic E-state index is 14.5. The number of aromatic nitrogens is 1. The number of rotatable bonds is 8. The van der Waals surface area contributed by atoms with E-state index in [0.717, 1.165) is 30.5 Å². The van der Waals surface area contributed by atoms with Gasteiger partial charge >= 0.3 is 12.4 Å². The van der Waals surface area contributed by atoms with E-state index < -0.39 is 45.6 Å². The average Bonchev–Trinajstić information content (AvgIpc) is 3.45. The molecule has 2 saturated heterocycles. The Morgan fingerprint density at radius 3 is 2.23 bits per heavy atom. The molecule has 1 aromatic heterocycles. The molecule has 3 aromatic carbocycles. The zero-order valence-corrected chi connectivity index (χ0v) is 28.6. The van der Waals surface area contributed by atoms with E-state index in [1.807, 2.05) is 4.90 Å². The topological polar surface area (TPSA) is 82.6 Å². The van der Waals surface area contributed by atoms with Gasteiger partial charge in [-0.2, -0.15) is 26.3 Å². The molecule has 52 heavy (non-hydrogen) atoms. The van der Waals surface area contributed by atoms with Crippen LogP contribution < -0.4 is 5.32 Å². The molecule has 1 amide bonds. The van der Waals surface area contributed by atoms with Gasteiger partial charge in [0.15, 0.2) is 15.9 Å². The number of halogens is 8. The number of nitrogens with zero attached hydrogens (tertiary/aromatic N) is 3. The number of nitrogens with one attached hydrogen (secondary N) is 1. The zero-order valence-electron chi connectivity index (χ0n) is 27.7. The molecule has 2 fully saturated rings. The van der Waals surface area contributed by atoms with Crippen LogP contribution >= 0.6 is 0 Å². The number of amides is 1. The Kier molecular flexibility index (Phi) is 10.1. The third kappa shape index (κ3) is 8.23. The molecule has 7 nitrogen and oxygen atoms in total. The highest BCUT2D eigenvalue weighted by molar-refractivity contribution is 7.90. The smallest absolute Gasteiger partial charge is 0.337 e. The van der Waals surface area contributed by atoms with Crippen molar-refractivity contribution < 1.29 is 48.3 Å². The molecule has 0 spiro atoms. The fourth-order valence-corrected chi connectivity index (χ4v) is 7.60. The average molecular weight is 755 g/mol. The van der Waals surface area contributed by atoms with Crippen molar-refractivity contribution in [3.05, 3.63) is 95.1 Å². The van der Waals surface area contributed by atoms with Crippen LogP contribution in [0.15, 0.2) is 77.7 Å². The van der Waals surface area contributed by atoms with Crippen LogP contribution in [0, 0.1) is 0 Å². The van der Waals surface area contributed by atoms with Gasteiger partial charge in [0.1, 0.15) is 0 Å². The second-order valence-electron chi connectivity index (χ2n) is 13.3. The number of hydrogen-bond acceptors (Lipinski definition) is 6. The lowest BCUT2D eigenvalue weighted by Crippen LogP contribution is -2.44. The van der Waals surface area contributed by atoms with Crippen LogP contribution in [0.4, 0.5) is 35.1 Å². The van der Waals surface area contributed by atoms with Crippen molar-refractivity contribution in [3.63, 3.8) is 0 Å². The molecule has 0 bridgehead atoms. The summed E-state index contributed by atoms with van der Waals surface area (Å²) in [7, 11) is -3.91. The Balaban J connectivity index is 1.51. The van der Waals surface area contributed by atoms with Crippen LogP contribution in [0.2, 0.25) is 0 Å². The number of carbonyl (C=O) groups excluding carboxylic acids is 1. The summed E-state index contributed by atoms with van der Waals surface area (Å²) >= 11 is 0. The first kappa shape index (κ1) is 37.6. The quantitative estimate of drug-likeness (QED) is 0.186. The number of sulfone groups is 1. The van der Waals surface area contributed by atoms with Gasteiger partial charge < -0.3 is 5.32 Å². The molecule has 2 aliphatic rings. The second-order valence-corrected chi connectivity index (χ2v) is 15.3. The van der Waals surface area contributed by atoms with Crippen molar-refractivity contribution in [2.24, 2.45) is 0 Å². The molecule has 4 aromatic rings. The predicted octanol–water partition coefficient (Wildman–Crippen LogP) is 7.66. The Morgan fingerprint density at radius 1 is 0.942 bits per heavy atom. The van der Waals surface area contributed by atoms with E-state index in [1.54, 1.807) is 4.90 Å². The van der Waals surface area contributed by atoms with Crippen LogP contribution in [0.5, 0.6) is 0 Å². The fraction of sp³-hybridized carbons (Fsp3) is 0.389. The first-order chi connectivity index (χ1) is 24.3. The van der Waals surface area contributed by atoms with Crippen LogP contribution in [0.1, 0.15) is 52.4 Å². The van der Waals surface area contributed by atoms with Gasteiger partial charge in [-0.3, -0.25) is 14.6 Å². The third-order valence-corrected chi connectivity index (χ3v) is 10.7. The van der Waals surface area contributed by atoms with Gasteiger partial charge in [-0.25, -0.2) is 22.2 Å². The largest absolute Gasteiger partial charge is 0.416 e. The molecule has 1 unspecified atom stereocenters. The highest BCUT2D eigenvalue weighted by Gasteiger charge is 2.44. The lowest BCUT2D eigenvalue weighted by atomic mass is 9.93. The summed E-state index contributed by atoms with van der Waals surface area (Å²) in [5.74, 6) is -4.05. The zero-order chi connectivity index (χ0) is 37.6. The maximum Gasteiger partial charge on any atom is 0.416 e. The minimum atomic E-state index is -4.98. The normalized spacial score (nSPS) is 18.5. The van der Waals surface area contributed by atoms with Gasteiger partial charge in [0.2, 0.25) is 0 Å². The van der Waals surface area contributed by atoms with Crippen LogP contribution in [-0.2, 0) is 22.6 Å². The number of alkyl halides is 8. The SMILES string of the molecule is CS(=O)(=O)c1ccc2nc(-c3cccc(C(F)(F)F)c3)c(CN3CCC(N4CCC(F)(F)C4)CC3)c(C(=O)NC(c3ccccc3)C(F)(F)F)c2c1. The third-order valence-electron chi connectivity index (χ3n) is 9.57. The maximum atomic E-state index is 14.5. The summed E-state index contributed by atoms with van der Waals surface area (Å²) in [6.07, 6.45) is -8.20. The number of benzene rings is 3. The molecular formula is C36H34F8N4O3S. The van der Waals surface area contributed by atoms with E-state index in [2.05, 4.69) is 10.3 Å². The lowest BCUT2D eigenvalue weighted by molar-refractivity contribution is -0.155. The van der Waals surface area contributed by atoms with Gasteiger partial charge in [-0.05, 0) is 61.8 Å². The monoisotopic (exact) mass is 754 g/mol. The van der Waals surface area contributed by atoms with Gasteiger partial charge in [-0.1, -0.05) is 42.5 Å². The van der Waals surface area contributed by atoms with Crippen molar-refractivity contribution in [2.75, 3.05) is 32.4 Å². The molecule has 3 heterocycles. The number of piperidine rings is 1. The van der Waals surface area contributed by atoms with Crippen molar-refractivity contribution in [3.8, 4) is 11.3 Å². The van der Waals surface area contributed by atoms with Crippen molar-refractivity contribution in [1.82, 2.24) is 20.1 Å². The molecule has 16 heteroatoms. The molecular weight excluding hydrogens is 720 g/mol. The molecule has 278 valence electrons. The Labute approximate surface area is 294 Å². The van der Waals surface area contributed by atoms with Crippen molar-refractivity contribution in [1.29, 1.82) is 0 Å².